The molecule has 0 aliphatic heterocycles. The van der Waals surface area contributed by atoms with E-state index in [1.165, 1.54) is 25.7 Å². The van der Waals surface area contributed by atoms with Crippen molar-refractivity contribution in [2.24, 2.45) is 5.73 Å². The molecule has 0 spiro atoms. The predicted molar refractivity (Wildman–Crippen MR) is 75.5 cm³/mol. The molecule has 1 aromatic heterocycles. The van der Waals surface area contributed by atoms with Crippen LogP contribution in [-0.2, 0) is 12.1 Å². The summed E-state index contributed by atoms with van der Waals surface area (Å²) in [5.74, 6) is 2.52. The van der Waals surface area contributed by atoms with Gasteiger partial charge >= 0.3 is 0 Å². The molecule has 0 saturated carbocycles. The zero-order chi connectivity index (χ0) is 13.8. The molecule has 2 N–H and O–H groups in total. The monoisotopic (exact) mass is 252 g/mol. The summed E-state index contributed by atoms with van der Waals surface area (Å²) in [4.78, 5) is 0. The highest BCUT2D eigenvalue weighted by atomic mass is 15.3. The lowest BCUT2D eigenvalue weighted by Crippen LogP contribution is -2.28. The molecule has 104 valence electrons. The average Bonchev–Trinajstić information content (AvgIpc) is 2.72. The molecule has 4 heteroatoms. The smallest absolute Gasteiger partial charge is 0.147 e. The molecule has 0 bridgehead atoms. The van der Waals surface area contributed by atoms with Crippen LogP contribution < -0.4 is 5.73 Å². The van der Waals surface area contributed by atoms with Crippen LogP contribution in [0.4, 0.5) is 0 Å². The molecule has 0 atom stereocenters. The maximum Gasteiger partial charge on any atom is 0.147 e. The van der Waals surface area contributed by atoms with Gasteiger partial charge in [0.1, 0.15) is 11.6 Å². The average molecular weight is 252 g/mol. The first kappa shape index (κ1) is 15.2. The van der Waals surface area contributed by atoms with E-state index in [0.29, 0.717) is 12.5 Å². The van der Waals surface area contributed by atoms with Crippen molar-refractivity contribution in [2.45, 2.75) is 78.3 Å². The fourth-order valence-corrected chi connectivity index (χ4v) is 2.56. The molecule has 4 nitrogen and oxygen atoms in total. The van der Waals surface area contributed by atoms with Crippen molar-refractivity contribution in [3.05, 3.63) is 11.6 Å². The summed E-state index contributed by atoms with van der Waals surface area (Å²) in [6.45, 7) is 11.5. The molecule has 0 radical (unpaired) electrons. The van der Waals surface area contributed by atoms with Crippen LogP contribution in [0.25, 0.3) is 0 Å². The summed E-state index contributed by atoms with van der Waals surface area (Å²) in [7, 11) is 0. The van der Waals surface area contributed by atoms with E-state index in [2.05, 4.69) is 49.4 Å². The van der Waals surface area contributed by atoms with E-state index >= 15 is 0 Å². The van der Waals surface area contributed by atoms with Gasteiger partial charge in [0.05, 0.1) is 6.54 Å². The first-order valence-electron chi connectivity index (χ1n) is 7.10. The Kier molecular flexibility index (Phi) is 5.32. The van der Waals surface area contributed by atoms with Gasteiger partial charge in [-0.2, -0.15) is 0 Å². The third-order valence-corrected chi connectivity index (χ3v) is 3.25. The van der Waals surface area contributed by atoms with Gasteiger partial charge in [0.25, 0.3) is 0 Å². The lowest BCUT2D eigenvalue weighted by molar-refractivity contribution is 0.351. The van der Waals surface area contributed by atoms with Crippen molar-refractivity contribution in [1.29, 1.82) is 0 Å². The molecule has 0 aliphatic rings. The molecule has 18 heavy (non-hydrogen) atoms. The Morgan fingerprint density at radius 3 is 2.06 bits per heavy atom. The SMILES string of the molecule is CCCC(CCC)c1nnc(CN)n1C(C)(C)C. The van der Waals surface area contributed by atoms with Crippen LogP contribution in [0, 0.1) is 0 Å². The minimum atomic E-state index is -0.00668. The Balaban J connectivity index is 3.17. The summed E-state index contributed by atoms with van der Waals surface area (Å²) in [6.07, 6.45) is 4.71. The van der Waals surface area contributed by atoms with Crippen LogP contribution in [0.15, 0.2) is 0 Å². The number of hydrogen-bond donors (Lipinski definition) is 1. The van der Waals surface area contributed by atoms with E-state index in [-0.39, 0.29) is 5.54 Å². The van der Waals surface area contributed by atoms with Gasteiger partial charge in [-0.1, -0.05) is 26.7 Å². The van der Waals surface area contributed by atoms with Crippen molar-refractivity contribution in [3.8, 4) is 0 Å². The third-order valence-electron chi connectivity index (χ3n) is 3.25. The van der Waals surface area contributed by atoms with Crippen LogP contribution in [0.3, 0.4) is 0 Å². The van der Waals surface area contributed by atoms with Crippen molar-refractivity contribution in [3.63, 3.8) is 0 Å². The molecular formula is C14H28N4. The Hall–Kier alpha value is -0.900. The summed E-state index contributed by atoms with van der Waals surface area (Å²) < 4.78 is 2.24. The molecule has 0 saturated heterocycles. The lowest BCUT2D eigenvalue weighted by atomic mass is 9.96. The zero-order valence-corrected chi connectivity index (χ0v) is 12.5. The quantitative estimate of drug-likeness (QED) is 0.846. The van der Waals surface area contributed by atoms with Gasteiger partial charge in [-0.25, -0.2) is 0 Å². The minimum absolute atomic E-state index is 0.00668. The molecule has 0 amide bonds. The van der Waals surface area contributed by atoms with Gasteiger partial charge in [-0.3, -0.25) is 0 Å². The van der Waals surface area contributed by atoms with E-state index in [4.69, 9.17) is 5.73 Å². The van der Waals surface area contributed by atoms with E-state index in [1.807, 2.05) is 0 Å². The first-order chi connectivity index (χ1) is 8.45. The summed E-state index contributed by atoms with van der Waals surface area (Å²) >= 11 is 0. The molecule has 0 fully saturated rings. The number of rotatable bonds is 6. The molecule has 0 aromatic carbocycles. The van der Waals surface area contributed by atoms with Gasteiger partial charge in [0.15, 0.2) is 0 Å². The minimum Gasteiger partial charge on any atom is -0.324 e. The van der Waals surface area contributed by atoms with Gasteiger partial charge in [-0.15, -0.1) is 10.2 Å². The molecule has 1 heterocycles. The highest BCUT2D eigenvalue weighted by Gasteiger charge is 2.26. The fraction of sp³-hybridized carbons (Fsp3) is 0.857. The van der Waals surface area contributed by atoms with Gasteiger partial charge in [0.2, 0.25) is 0 Å². The van der Waals surface area contributed by atoms with Gasteiger partial charge in [0, 0.05) is 11.5 Å². The van der Waals surface area contributed by atoms with Crippen molar-refractivity contribution in [1.82, 2.24) is 14.8 Å². The Labute approximate surface area is 111 Å². The lowest BCUT2D eigenvalue weighted by Gasteiger charge is -2.27. The van der Waals surface area contributed by atoms with Crippen LogP contribution >= 0.6 is 0 Å². The van der Waals surface area contributed by atoms with Crippen LogP contribution in [0.2, 0.25) is 0 Å². The Bertz CT molecular complexity index is 356. The van der Waals surface area contributed by atoms with E-state index in [0.717, 1.165) is 11.6 Å². The van der Waals surface area contributed by atoms with Crippen LogP contribution in [0.1, 0.15) is 77.9 Å². The maximum atomic E-state index is 5.79. The number of nitrogens with zero attached hydrogens (tertiary/aromatic N) is 3. The maximum absolute atomic E-state index is 5.79. The van der Waals surface area contributed by atoms with Crippen LogP contribution in [0.5, 0.6) is 0 Å². The van der Waals surface area contributed by atoms with Crippen LogP contribution in [-0.4, -0.2) is 14.8 Å². The normalized spacial score (nSPS) is 12.4. The molecule has 1 rings (SSSR count). The Morgan fingerprint density at radius 2 is 1.67 bits per heavy atom. The summed E-state index contributed by atoms with van der Waals surface area (Å²) in [5, 5.41) is 8.70. The number of hydrogen-bond acceptors (Lipinski definition) is 3. The van der Waals surface area contributed by atoms with E-state index < -0.39 is 0 Å². The second-order valence-electron chi connectivity index (χ2n) is 5.96. The molecular weight excluding hydrogens is 224 g/mol. The third kappa shape index (κ3) is 3.31. The number of aromatic nitrogens is 3. The zero-order valence-electron chi connectivity index (χ0n) is 12.5. The van der Waals surface area contributed by atoms with Gasteiger partial charge < -0.3 is 10.3 Å². The molecule has 0 aliphatic carbocycles. The Morgan fingerprint density at radius 1 is 1.11 bits per heavy atom. The molecule has 1 aromatic rings. The summed E-state index contributed by atoms with van der Waals surface area (Å²) in [5.41, 5.74) is 5.78. The highest BCUT2D eigenvalue weighted by molar-refractivity contribution is 5.06. The second-order valence-corrected chi connectivity index (χ2v) is 5.96. The van der Waals surface area contributed by atoms with Crippen molar-refractivity contribution >= 4 is 0 Å². The first-order valence-corrected chi connectivity index (χ1v) is 7.10. The standard InChI is InChI=1S/C14H28N4/c1-6-8-11(9-7-2)13-17-16-12(10-15)18(13)14(3,4)5/h11H,6-10,15H2,1-5H3. The van der Waals surface area contributed by atoms with E-state index in [9.17, 15) is 0 Å². The number of nitrogens with two attached hydrogens (primary N) is 1. The van der Waals surface area contributed by atoms with Crippen molar-refractivity contribution < 1.29 is 0 Å². The second kappa shape index (κ2) is 6.32. The van der Waals surface area contributed by atoms with E-state index in [1.54, 1.807) is 0 Å². The predicted octanol–water partition coefficient (Wildman–Crippen LogP) is 3.18. The summed E-state index contributed by atoms with van der Waals surface area (Å²) in [6, 6.07) is 0. The fourth-order valence-electron chi connectivity index (χ4n) is 2.56. The van der Waals surface area contributed by atoms with Crippen molar-refractivity contribution in [2.75, 3.05) is 0 Å². The highest BCUT2D eigenvalue weighted by Crippen LogP contribution is 2.29. The topological polar surface area (TPSA) is 56.7 Å². The largest absolute Gasteiger partial charge is 0.324 e. The van der Waals surface area contributed by atoms with Gasteiger partial charge in [-0.05, 0) is 33.6 Å². The molecule has 0 unspecified atom stereocenters.